The van der Waals surface area contributed by atoms with Gasteiger partial charge in [-0.2, -0.15) is 0 Å². The Bertz CT molecular complexity index is 691. The summed E-state index contributed by atoms with van der Waals surface area (Å²) >= 11 is 0. The molecule has 0 radical (unpaired) electrons. The molecule has 0 bridgehead atoms. The van der Waals surface area contributed by atoms with Gasteiger partial charge in [-0.25, -0.2) is 4.79 Å². The molecule has 2 aromatic rings. The summed E-state index contributed by atoms with van der Waals surface area (Å²) < 4.78 is 16.2. The average molecular weight is 304 g/mol. The van der Waals surface area contributed by atoms with E-state index in [-0.39, 0.29) is 11.9 Å². The molecule has 1 saturated heterocycles. The van der Waals surface area contributed by atoms with E-state index in [0.717, 1.165) is 13.1 Å². The molecule has 0 unspecified atom stereocenters. The van der Waals surface area contributed by atoms with Crippen LogP contribution in [0.4, 0.5) is 0 Å². The maximum atomic E-state index is 10.9. The minimum absolute atomic E-state index is 0.0749. The van der Waals surface area contributed by atoms with Crippen LogP contribution in [0.2, 0.25) is 0 Å². The smallest absolute Gasteiger partial charge is 0.374 e. The van der Waals surface area contributed by atoms with Gasteiger partial charge in [0, 0.05) is 24.7 Å². The predicted octanol–water partition coefficient (Wildman–Crippen LogP) is 1.74. The van der Waals surface area contributed by atoms with Crippen molar-refractivity contribution in [2.75, 3.05) is 27.2 Å². The number of nitrogens with zero attached hydrogens (tertiary/aromatic N) is 2. The van der Waals surface area contributed by atoms with Crippen molar-refractivity contribution in [3.05, 3.63) is 30.0 Å². The molecule has 0 spiro atoms. The van der Waals surface area contributed by atoms with Gasteiger partial charge >= 0.3 is 5.97 Å². The van der Waals surface area contributed by atoms with Crippen molar-refractivity contribution in [2.24, 2.45) is 0 Å². The van der Waals surface area contributed by atoms with Crippen molar-refractivity contribution in [2.45, 2.75) is 6.10 Å². The molecule has 1 aliphatic heterocycles. The normalized spacial score (nSPS) is 15.4. The highest BCUT2D eigenvalue weighted by Crippen LogP contribution is 2.39. The molecule has 1 fully saturated rings. The molecule has 7 nitrogen and oxygen atoms in total. The first-order valence-corrected chi connectivity index (χ1v) is 6.81. The minimum atomic E-state index is -1.16. The third kappa shape index (κ3) is 2.62. The van der Waals surface area contributed by atoms with Gasteiger partial charge in [-0.3, -0.25) is 4.90 Å². The number of carboxylic acid groups (broad SMARTS) is 1. The minimum Gasteiger partial charge on any atom is -0.493 e. The largest absolute Gasteiger partial charge is 0.493 e. The van der Waals surface area contributed by atoms with E-state index in [4.69, 9.17) is 19.1 Å². The van der Waals surface area contributed by atoms with E-state index in [0.29, 0.717) is 22.8 Å². The summed E-state index contributed by atoms with van der Waals surface area (Å²) in [4.78, 5) is 13.1. The number of carboxylic acids is 1. The zero-order valence-corrected chi connectivity index (χ0v) is 12.3. The number of aromatic carboxylic acids is 1. The second-order valence-electron chi connectivity index (χ2n) is 5.18. The second kappa shape index (κ2) is 5.69. The Balaban J connectivity index is 1.96. The highest BCUT2D eigenvalue weighted by Gasteiger charge is 2.28. The Morgan fingerprint density at radius 2 is 2.23 bits per heavy atom. The number of hydrogen-bond acceptors (Lipinski definition) is 6. The summed E-state index contributed by atoms with van der Waals surface area (Å²) in [6.45, 7) is 1.66. The molecular formula is C15H16N2O5. The molecule has 3 rings (SSSR count). The number of aromatic nitrogens is 1. The van der Waals surface area contributed by atoms with Crippen LogP contribution in [0.3, 0.4) is 0 Å². The number of benzene rings is 1. The maximum absolute atomic E-state index is 10.9. The maximum Gasteiger partial charge on any atom is 0.374 e. The Labute approximate surface area is 127 Å². The van der Waals surface area contributed by atoms with Gasteiger partial charge in [0.25, 0.3) is 0 Å². The van der Waals surface area contributed by atoms with Crippen LogP contribution in [0.5, 0.6) is 11.5 Å². The number of likely N-dealkylation sites (tertiary alicyclic amines) is 1. The van der Waals surface area contributed by atoms with Crippen molar-refractivity contribution < 1.29 is 23.9 Å². The van der Waals surface area contributed by atoms with Crippen molar-refractivity contribution >= 4 is 5.97 Å². The van der Waals surface area contributed by atoms with E-state index >= 15 is 0 Å². The first-order valence-electron chi connectivity index (χ1n) is 6.81. The van der Waals surface area contributed by atoms with E-state index in [1.54, 1.807) is 25.3 Å². The van der Waals surface area contributed by atoms with E-state index in [1.807, 2.05) is 7.05 Å². The number of para-hydroxylation sites is 1. The fourth-order valence-corrected chi connectivity index (χ4v) is 2.39. The standard InChI is InChI=1S/C15H16N2O5/c1-17-7-9(8-17)21-14-10(4-3-5-12(14)20-2)11-6-13(15(18)19)22-16-11/h3-6,9H,7-8H2,1-2H3,(H,18,19). The Kier molecular flexibility index (Phi) is 3.72. The molecule has 7 heteroatoms. The van der Waals surface area contributed by atoms with Gasteiger partial charge in [0.1, 0.15) is 11.8 Å². The van der Waals surface area contributed by atoms with Crippen LogP contribution in [-0.4, -0.2) is 54.5 Å². The predicted molar refractivity (Wildman–Crippen MR) is 77.4 cm³/mol. The van der Waals surface area contributed by atoms with Gasteiger partial charge in [0.2, 0.25) is 5.76 Å². The summed E-state index contributed by atoms with van der Waals surface area (Å²) in [6, 6.07) is 6.75. The van der Waals surface area contributed by atoms with Crippen LogP contribution in [0.1, 0.15) is 10.6 Å². The van der Waals surface area contributed by atoms with E-state index < -0.39 is 5.97 Å². The number of rotatable bonds is 5. The van der Waals surface area contributed by atoms with E-state index in [1.165, 1.54) is 6.07 Å². The summed E-state index contributed by atoms with van der Waals surface area (Å²) in [5, 5.41) is 12.7. The molecular weight excluding hydrogens is 288 g/mol. The lowest BCUT2D eigenvalue weighted by molar-refractivity contribution is 0.0374. The first-order chi connectivity index (χ1) is 10.6. The molecule has 1 aromatic carbocycles. The van der Waals surface area contributed by atoms with Crippen molar-refractivity contribution in [1.82, 2.24) is 10.1 Å². The lowest BCUT2D eigenvalue weighted by atomic mass is 10.1. The zero-order chi connectivity index (χ0) is 15.7. The van der Waals surface area contributed by atoms with Crippen LogP contribution in [-0.2, 0) is 0 Å². The van der Waals surface area contributed by atoms with Gasteiger partial charge in [0.05, 0.1) is 7.11 Å². The van der Waals surface area contributed by atoms with Gasteiger partial charge < -0.3 is 19.1 Å². The topological polar surface area (TPSA) is 85.0 Å². The van der Waals surface area contributed by atoms with Crippen molar-refractivity contribution in [3.63, 3.8) is 0 Å². The number of hydrogen-bond donors (Lipinski definition) is 1. The van der Waals surface area contributed by atoms with E-state index in [9.17, 15) is 4.79 Å². The van der Waals surface area contributed by atoms with E-state index in [2.05, 4.69) is 10.1 Å². The lowest BCUT2D eigenvalue weighted by Gasteiger charge is -2.36. The van der Waals surface area contributed by atoms with Crippen molar-refractivity contribution in [3.8, 4) is 22.8 Å². The number of methoxy groups -OCH3 is 1. The molecule has 1 aromatic heterocycles. The van der Waals surface area contributed by atoms with Crippen LogP contribution in [0, 0.1) is 0 Å². The van der Waals surface area contributed by atoms with Crippen LogP contribution >= 0.6 is 0 Å². The van der Waals surface area contributed by atoms with Crippen LogP contribution < -0.4 is 9.47 Å². The molecule has 0 amide bonds. The fourth-order valence-electron chi connectivity index (χ4n) is 2.39. The molecule has 0 aliphatic carbocycles. The summed E-state index contributed by atoms with van der Waals surface area (Å²) in [6.07, 6.45) is 0.0749. The molecule has 1 N–H and O–H groups in total. The molecule has 0 saturated carbocycles. The monoisotopic (exact) mass is 304 g/mol. The molecule has 22 heavy (non-hydrogen) atoms. The van der Waals surface area contributed by atoms with Crippen LogP contribution in [0.25, 0.3) is 11.3 Å². The second-order valence-corrected chi connectivity index (χ2v) is 5.18. The number of carbonyl (C=O) groups is 1. The van der Waals surface area contributed by atoms with Gasteiger partial charge in [0.15, 0.2) is 11.5 Å². The highest BCUT2D eigenvalue weighted by atomic mass is 16.5. The fraction of sp³-hybridized carbons (Fsp3) is 0.333. The quantitative estimate of drug-likeness (QED) is 0.900. The highest BCUT2D eigenvalue weighted by molar-refractivity contribution is 5.86. The van der Waals surface area contributed by atoms with Crippen LogP contribution in [0.15, 0.2) is 28.8 Å². The van der Waals surface area contributed by atoms with Gasteiger partial charge in [-0.1, -0.05) is 11.2 Å². The summed E-state index contributed by atoms with van der Waals surface area (Å²) in [7, 11) is 3.57. The SMILES string of the molecule is COc1cccc(-c2cc(C(=O)O)on2)c1OC1CN(C)C1. The van der Waals surface area contributed by atoms with Crippen molar-refractivity contribution in [1.29, 1.82) is 0 Å². The Morgan fingerprint density at radius 1 is 1.45 bits per heavy atom. The summed E-state index contributed by atoms with van der Waals surface area (Å²) in [5.41, 5.74) is 1.05. The third-order valence-corrected chi connectivity index (χ3v) is 3.51. The Hall–Kier alpha value is -2.54. The number of ether oxygens (including phenoxy) is 2. The summed E-state index contributed by atoms with van der Waals surface area (Å²) in [5.74, 6) is -0.253. The molecule has 1 aliphatic rings. The molecule has 116 valence electrons. The number of likely N-dealkylation sites (N-methyl/N-ethyl adjacent to an activating group) is 1. The van der Waals surface area contributed by atoms with Gasteiger partial charge in [-0.15, -0.1) is 0 Å². The first kappa shape index (κ1) is 14.4. The Morgan fingerprint density at radius 3 is 2.82 bits per heavy atom. The average Bonchev–Trinajstić information content (AvgIpc) is 2.95. The molecule has 2 heterocycles. The molecule has 0 atom stereocenters. The lowest BCUT2D eigenvalue weighted by Crippen LogP contribution is -2.51. The third-order valence-electron chi connectivity index (χ3n) is 3.51. The zero-order valence-electron chi connectivity index (χ0n) is 12.3. The van der Waals surface area contributed by atoms with Gasteiger partial charge in [-0.05, 0) is 19.2 Å².